The first-order valence-corrected chi connectivity index (χ1v) is 4.00. The summed E-state index contributed by atoms with van der Waals surface area (Å²) >= 11 is 5.73. The second-order valence-corrected chi connectivity index (χ2v) is 2.90. The maximum absolute atomic E-state index is 10.6. The number of aromatic nitrogens is 1. The van der Waals surface area contributed by atoms with Gasteiger partial charge in [0.15, 0.2) is 5.78 Å². The summed E-state index contributed by atoms with van der Waals surface area (Å²) in [7, 11) is 0. The molecule has 0 radical (unpaired) electrons. The van der Waals surface area contributed by atoms with Gasteiger partial charge in [0.1, 0.15) is 5.76 Å². The van der Waals surface area contributed by atoms with Gasteiger partial charge in [0, 0.05) is 24.0 Å². The van der Waals surface area contributed by atoms with Crippen LogP contribution in [0, 0.1) is 0 Å². The van der Waals surface area contributed by atoms with E-state index in [0.717, 1.165) is 6.08 Å². The van der Waals surface area contributed by atoms with Crippen LogP contribution in [0.15, 0.2) is 24.5 Å². The average Bonchev–Trinajstić information content (AvgIpc) is 2.03. The molecule has 1 aromatic heterocycles. The highest BCUT2D eigenvalue weighted by Crippen LogP contribution is 2.20. The molecular weight excluding hydrogens is 190 g/mol. The van der Waals surface area contributed by atoms with Crippen molar-refractivity contribution < 1.29 is 9.90 Å². The van der Waals surface area contributed by atoms with Crippen molar-refractivity contribution >= 4 is 23.1 Å². The fourth-order valence-corrected chi connectivity index (χ4v) is 1.07. The molecule has 3 nitrogen and oxygen atoms in total. The van der Waals surface area contributed by atoms with E-state index in [9.17, 15) is 9.90 Å². The van der Waals surface area contributed by atoms with Crippen LogP contribution in [-0.4, -0.2) is 15.9 Å². The maximum atomic E-state index is 10.6. The Hall–Kier alpha value is -1.35. The van der Waals surface area contributed by atoms with Gasteiger partial charge in [-0.3, -0.25) is 9.78 Å². The molecule has 4 heteroatoms. The Morgan fingerprint density at radius 2 is 2.38 bits per heavy atom. The minimum absolute atomic E-state index is 0.139. The second kappa shape index (κ2) is 4.05. The van der Waals surface area contributed by atoms with Gasteiger partial charge in [0.05, 0.1) is 5.02 Å². The van der Waals surface area contributed by atoms with Gasteiger partial charge in [-0.1, -0.05) is 11.6 Å². The monoisotopic (exact) mass is 197 g/mol. The molecule has 13 heavy (non-hydrogen) atoms. The normalized spacial score (nSPS) is 11.4. The standard InChI is InChI=1S/C9H8ClNO2/c1-6(12)4-9(13)7-2-3-11-5-8(7)10/h2-5,13H,1H3. The first-order chi connectivity index (χ1) is 6.11. The SMILES string of the molecule is CC(=O)C=C(O)c1ccncc1Cl. The maximum Gasteiger partial charge on any atom is 0.156 e. The number of hydrogen-bond acceptors (Lipinski definition) is 3. The number of halogens is 1. The third-order valence-corrected chi connectivity index (χ3v) is 1.69. The topological polar surface area (TPSA) is 50.2 Å². The summed E-state index contributed by atoms with van der Waals surface area (Å²) in [5, 5.41) is 9.72. The van der Waals surface area contributed by atoms with Gasteiger partial charge < -0.3 is 5.11 Å². The lowest BCUT2D eigenvalue weighted by Crippen LogP contribution is -1.90. The van der Waals surface area contributed by atoms with Gasteiger partial charge in [-0.15, -0.1) is 0 Å². The van der Waals surface area contributed by atoms with Gasteiger partial charge in [-0.2, -0.15) is 0 Å². The number of hydrogen-bond donors (Lipinski definition) is 1. The van der Waals surface area contributed by atoms with Crippen molar-refractivity contribution in [3.05, 3.63) is 35.1 Å². The molecule has 0 atom stereocenters. The zero-order valence-corrected chi connectivity index (χ0v) is 7.75. The smallest absolute Gasteiger partial charge is 0.156 e. The summed E-state index contributed by atoms with van der Waals surface area (Å²) in [6, 6.07) is 1.54. The van der Waals surface area contributed by atoms with Crippen LogP contribution in [0.25, 0.3) is 5.76 Å². The zero-order valence-electron chi connectivity index (χ0n) is 6.99. The Morgan fingerprint density at radius 1 is 1.69 bits per heavy atom. The van der Waals surface area contributed by atoms with Crippen LogP contribution >= 0.6 is 11.6 Å². The third-order valence-electron chi connectivity index (χ3n) is 1.39. The van der Waals surface area contributed by atoms with Crippen molar-refractivity contribution in [1.82, 2.24) is 4.98 Å². The Balaban J connectivity index is 3.08. The second-order valence-electron chi connectivity index (χ2n) is 2.50. The highest BCUT2D eigenvalue weighted by molar-refractivity contribution is 6.32. The molecule has 1 heterocycles. The molecule has 0 fully saturated rings. The predicted molar refractivity (Wildman–Crippen MR) is 50.5 cm³/mol. The number of carbonyl (C=O) groups is 1. The number of pyridine rings is 1. The summed E-state index contributed by atoms with van der Waals surface area (Å²) < 4.78 is 0. The van der Waals surface area contributed by atoms with Gasteiger partial charge in [0.25, 0.3) is 0 Å². The molecule has 1 N–H and O–H groups in total. The number of carbonyl (C=O) groups excluding carboxylic acids is 1. The number of rotatable bonds is 2. The molecular formula is C9H8ClNO2. The van der Waals surface area contributed by atoms with Crippen LogP contribution in [0.1, 0.15) is 12.5 Å². The minimum Gasteiger partial charge on any atom is -0.507 e. The van der Waals surface area contributed by atoms with E-state index in [-0.39, 0.29) is 11.5 Å². The number of nitrogens with zero attached hydrogens (tertiary/aromatic N) is 1. The van der Waals surface area contributed by atoms with Gasteiger partial charge >= 0.3 is 0 Å². The van der Waals surface area contributed by atoms with Gasteiger partial charge in [-0.25, -0.2) is 0 Å². The quantitative estimate of drug-likeness (QED) is 0.584. The summed E-state index contributed by atoms with van der Waals surface area (Å²) in [6.07, 6.45) is 4.01. The van der Waals surface area contributed by atoms with E-state index in [0.29, 0.717) is 10.6 Å². The third kappa shape index (κ3) is 2.56. The number of ketones is 1. The molecule has 1 aromatic rings. The zero-order chi connectivity index (χ0) is 9.84. The highest BCUT2D eigenvalue weighted by Gasteiger charge is 2.04. The number of aliphatic hydroxyl groups excluding tert-OH is 1. The van der Waals surface area contributed by atoms with E-state index >= 15 is 0 Å². The molecule has 0 saturated carbocycles. The summed E-state index contributed by atoms with van der Waals surface area (Å²) in [5.41, 5.74) is 0.409. The van der Waals surface area contributed by atoms with Gasteiger partial charge in [-0.05, 0) is 13.0 Å². The minimum atomic E-state index is -0.231. The van der Waals surface area contributed by atoms with Crippen LogP contribution < -0.4 is 0 Å². The van der Waals surface area contributed by atoms with E-state index < -0.39 is 0 Å². The largest absolute Gasteiger partial charge is 0.507 e. The Morgan fingerprint density at radius 3 is 2.92 bits per heavy atom. The molecule has 0 aliphatic heterocycles. The summed E-state index contributed by atoms with van der Waals surface area (Å²) in [4.78, 5) is 14.4. The molecule has 0 aliphatic carbocycles. The van der Waals surface area contributed by atoms with E-state index in [1.54, 1.807) is 0 Å². The average molecular weight is 198 g/mol. The van der Waals surface area contributed by atoms with Crippen molar-refractivity contribution in [2.24, 2.45) is 0 Å². The highest BCUT2D eigenvalue weighted by atomic mass is 35.5. The molecule has 68 valence electrons. The first kappa shape index (κ1) is 9.74. The molecule has 0 saturated heterocycles. The fourth-order valence-electron chi connectivity index (χ4n) is 0.853. The molecule has 0 amide bonds. The van der Waals surface area contributed by atoms with Crippen LogP contribution in [-0.2, 0) is 4.79 Å². The molecule has 0 aromatic carbocycles. The lowest BCUT2D eigenvalue weighted by molar-refractivity contribution is -0.112. The Bertz CT molecular complexity index is 360. The van der Waals surface area contributed by atoms with Crippen molar-refractivity contribution in [3.8, 4) is 0 Å². The lowest BCUT2D eigenvalue weighted by atomic mass is 10.2. The summed E-state index contributed by atoms with van der Waals surface area (Å²) in [5.74, 6) is -0.370. The Labute approximate surface area is 80.7 Å². The van der Waals surface area contributed by atoms with Crippen molar-refractivity contribution in [2.75, 3.05) is 0 Å². The molecule has 0 spiro atoms. The number of allylic oxidation sites excluding steroid dienone is 1. The van der Waals surface area contributed by atoms with Crippen LogP contribution in [0.5, 0.6) is 0 Å². The first-order valence-electron chi connectivity index (χ1n) is 3.62. The van der Waals surface area contributed by atoms with Gasteiger partial charge in [0.2, 0.25) is 0 Å². The van der Waals surface area contributed by atoms with Crippen molar-refractivity contribution in [1.29, 1.82) is 0 Å². The Kier molecular flexibility index (Phi) is 3.03. The summed E-state index contributed by atoms with van der Waals surface area (Å²) in [6.45, 7) is 1.35. The molecule has 0 aliphatic rings. The van der Waals surface area contributed by atoms with Crippen LogP contribution in [0.4, 0.5) is 0 Å². The van der Waals surface area contributed by atoms with E-state index in [4.69, 9.17) is 11.6 Å². The number of aliphatic hydroxyl groups is 1. The fraction of sp³-hybridized carbons (Fsp3) is 0.111. The molecule has 0 unspecified atom stereocenters. The van der Waals surface area contributed by atoms with Crippen molar-refractivity contribution in [3.63, 3.8) is 0 Å². The van der Waals surface area contributed by atoms with Crippen molar-refractivity contribution in [2.45, 2.75) is 6.92 Å². The lowest BCUT2D eigenvalue weighted by Gasteiger charge is -2.00. The molecule has 1 rings (SSSR count). The molecule has 0 bridgehead atoms. The van der Waals surface area contributed by atoms with E-state index in [1.807, 2.05) is 0 Å². The van der Waals surface area contributed by atoms with Crippen LogP contribution in [0.3, 0.4) is 0 Å². The predicted octanol–water partition coefficient (Wildman–Crippen LogP) is 2.22. The van der Waals surface area contributed by atoms with E-state index in [2.05, 4.69) is 4.98 Å². The van der Waals surface area contributed by atoms with E-state index in [1.165, 1.54) is 25.4 Å². The van der Waals surface area contributed by atoms with Crippen LogP contribution in [0.2, 0.25) is 5.02 Å².